The third kappa shape index (κ3) is 4.59. The predicted molar refractivity (Wildman–Crippen MR) is 79.6 cm³/mol. The highest BCUT2D eigenvalue weighted by Gasteiger charge is 2.07. The average molecular weight is 249 g/mol. The third-order valence-corrected chi connectivity index (χ3v) is 3.27. The Kier molecular flexibility index (Phi) is 6.63. The molecule has 0 aliphatic rings. The lowest BCUT2D eigenvalue weighted by atomic mass is 10.1. The number of hydrogen-bond donors (Lipinski definition) is 1. The summed E-state index contributed by atoms with van der Waals surface area (Å²) in [4.78, 5) is 0. The number of nitrogens with one attached hydrogen (secondary N) is 1. The standard InChI is InChI=1S/C16H27NO/c1-5-8-9-14(6-2)17-16-11-10-15(18-7-3)12-13(16)4/h10-12,14,17H,5-9H2,1-4H3. The maximum atomic E-state index is 5.51. The Hall–Kier alpha value is -1.18. The maximum absolute atomic E-state index is 5.51. The van der Waals surface area contributed by atoms with Gasteiger partial charge in [0.25, 0.3) is 0 Å². The van der Waals surface area contributed by atoms with Crippen LogP contribution in [-0.4, -0.2) is 12.6 Å². The van der Waals surface area contributed by atoms with Crippen LogP contribution in [0.25, 0.3) is 0 Å². The van der Waals surface area contributed by atoms with Crippen molar-refractivity contribution in [2.75, 3.05) is 11.9 Å². The van der Waals surface area contributed by atoms with Gasteiger partial charge in [0.05, 0.1) is 6.61 Å². The molecule has 0 radical (unpaired) electrons. The highest BCUT2D eigenvalue weighted by Crippen LogP contribution is 2.23. The molecule has 2 nitrogen and oxygen atoms in total. The van der Waals surface area contributed by atoms with Crippen LogP contribution in [0.5, 0.6) is 5.75 Å². The van der Waals surface area contributed by atoms with E-state index in [1.807, 2.05) is 13.0 Å². The third-order valence-electron chi connectivity index (χ3n) is 3.27. The summed E-state index contributed by atoms with van der Waals surface area (Å²) in [7, 11) is 0. The van der Waals surface area contributed by atoms with Crippen molar-refractivity contribution >= 4 is 5.69 Å². The van der Waals surface area contributed by atoms with Crippen LogP contribution in [0.1, 0.15) is 52.0 Å². The molecular formula is C16H27NO. The SMILES string of the molecule is CCCCC(CC)Nc1ccc(OCC)cc1C. The van der Waals surface area contributed by atoms with Crippen molar-refractivity contribution in [3.8, 4) is 5.75 Å². The Morgan fingerprint density at radius 2 is 2.00 bits per heavy atom. The molecule has 1 aromatic rings. The number of rotatable bonds is 8. The van der Waals surface area contributed by atoms with Crippen LogP contribution in [-0.2, 0) is 0 Å². The zero-order valence-corrected chi connectivity index (χ0v) is 12.3. The van der Waals surface area contributed by atoms with Gasteiger partial charge in [-0.25, -0.2) is 0 Å². The van der Waals surface area contributed by atoms with Crippen molar-refractivity contribution in [3.05, 3.63) is 23.8 Å². The summed E-state index contributed by atoms with van der Waals surface area (Å²) in [6, 6.07) is 6.88. The van der Waals surface area contributed by atoms with Crippen LogP contribution in [0.2, 0.25) is 0 Å². The molecule has 18 heavy (non-hydrogen) atoms. The van der Waals surface area contributed by atoms with E-state index in [0.29, 0.717) is 6.04 Å². The predicted octanol–water partition coefficient (Wildman–Crippen LogP) is 4.77. The van der Waals surface area contributed by atoms with E-state index in [1.165, 1.54) is 36.9 Å². The molecule has 0 spiro atoms. The molecule has 0 fully saturated rings. The molecule has 0 aromatic heterocycles. The number of benzene rings is 1. The number of ether oxygens (including phenoxy) is 1. The number of unbranched alkanes of at least 4 members (excludes halogenated alkanes) is 1. The molecule has 1 atom stereocenters. The van der Waals surface area contributed by atoms with Crippen LogP contribution < -0.4 is 10.1 Å². The molecule has 0 bridgehead atoms. The lowest BCUT2D eigenvalue weighted by molar-refractivity contribution is 0.340. The minimum Gasteiger partial charge on any atom is -0.494 e. The van der Waals surface area contributed by atoms with E-state index in [1.54, 1.807) is 0 Å². The molecule has 0 amide bonds. The van der Waals surface area contributed by atoms with Gasteiger partial charge in [-0.2, -0.15) is 0 Å². The highest BCUT2D eigenvalue weighted by atomic mass is 16.5. The Balaban J connectivity index is 2.65. The van der Waals surface area contributed by atoms with E-state index < -0.39 is 0 Å². The van der Waals surface area contributed by atoms with E-state index in [9.17, 15) is 0 Å². The molecule has 0 aliphatic carbocycles. The molecule has 2 heteroatoms. The summed E-state index contributed by atoms with van der Waals surface area (Å²) in [5.41, 5.74) is 2.50. The average Bonchev–Trinajstić information content (AvgIpc) is 2.37. The van der Waals surface area contributed by atoms with Gasteiger partial charge >= 0.3 is 0 Å². The van der Waals surface area contributed by atoms with Gasteiger partial charge in [-0.1, -0.05) is 26.7 Å². The van der Waals surface area contributed by atoms with Crippen LogP contribution >= 0.6 is 0 Å². The largest absolute Gasteiger partial charge is 0.494 e. The van der Waals surface area contributed by atoms with E-state index in [2.05, 4.69) is 38.2 Å². The summed E-state index contributed by atoms with van der Waals surface area (Å²) in [5.74, 6) is 0.960. The molecule has 0 heterocycles. The van der Waals surface area contributed by atoms with Crippen LogP contribution in [0.4, 0.5) is 5.69 Å². The van der Waals surface area contributed by atoms with Crippen LogP contribution in [0.15, 0.2) is 18.2 Å². The Morgan fingerprint density at radius 3 is 2.56 bits per heavy atom. The van der Waals surface area contributed by atoms with Crippen molar-refractivity contribution < 1.29 is 4.74 Å². The lowest BCUT2D eigenvalue weighted by Gasteiger charge is -2.20. The molecule has 1 N–H and O–H groups in total. The molecule has 102 valence electrons. The summed E-state index contributed by atoms with van der Waals surface area (Å²) < 4.78 is 5.51. The first-order valence-electron chi connectivity index (χ1n) is 7.21. The highest BCUT2D eigenvalue weighted by molar-refractivity contribution is 5.54. The first-order chi connectivity index (χ1) is 8.71. The minimum atomic E-state index is 0.585. The molecule has 1 rings (SSSR count). The van der Waals surface area contributed by atoms with Crippen molar-refractivity contribution in [3.63, 3.8) is 0 Å². The van der Waals surface area contributed by atoms with Gasteiger partial charge in [0.15, 0.2) is 0 Å². The van der Waals surface area contributed by atoms with Gasteiger partial charge in [-0.3, -0.25) is 0 Å². The first-order valence-corrected chi connectivity index (χ1v) is 7.21. The second-order valence-corrected chi connectivity index (χ2v) is 4.80. The summed E-state index contributed by atoms with van der Waals surface area (Å²) in [5, 5.41) is 3.65. The van der Waals surface area contributed by atoms with E-state index in [4.69, 9.17) is 4.74 Å². The molecule has 0 saturated carbocycles. The van der Waals surface area contributed by atoms with Crippen LogP contribution in [0, 0.1) is 6.92 Å². The molecule has 1 aromatic carbocycles. The fourth-order valence-corrected chi connectivity index (χ4v) is 2.10. The van der Waals surface area contributed by atoms with Gasteiger partial charge in [0.1, 0.15) is 5.75 Å². The zero-order chi connectivity index (χ0) is 13.4. The normalized spacial score (nSPS) is 12.2. The van der Waals surface area contributed by atoms with Gasteiger partial charge in [0, 0.05) is 11.7 Å². The van der Waals surface area contributed by atoms with Crippen molar-refractivity contribution in [2.45, 2.75) is 59.4 Å². The Morgan fingerprint density at radius 1 is 1.22 bits per heavy atom. The van der Waals surface area contributed by atoms with E-state index >= 15 is 0 Å². The van der Waals surface area contributed by atoms with Crippen LogP contribution in [0.3, 0.4) is 0 Å². The number of anilines is 1. The van der Waals surface area contributed by atoms with E-state index in [-0.39, 0.29) is 0 Å². The van der Waals surface area contributed by atoms with Gasteiger partial charge in [-0.05, 0) is 50.5 Å². The van der Waals surface area contributed by atoms with Crippen molar-refractivity contribution in [1.29, 1.82) is 0 Å². The van der Waals surface area contributed by atoms with E-state index in [0.717, 1.165) is 12.4 Å². The quantitative estimate of drug-likeness (QED) is 0.716. The minimum absolute atomic E-state index is 0.585. The number of hydrogen-bond acceptors (Lipinski definition) is 2. The Bertz CT molecular complexity index is 349. The second kappa shape index (κ2) is 8.02. The maximum Gasteiger partial charge on any atom is 0.119 e. The summed E-state index contributed by atoms with van der Waals surface area (Å²) in [6.45, 7) is 9.36. The topological polar surface area (TPSA) is 21.3 Å². The molecule has 0 aliphatic heterocycles. The van der Waals surface area contributed by atoms with Gasteiger partial charge < -0.3 is 10.1 Å². The lowest BCUT2D eigenvalue weighted by Crippen LogP contribution is -2.18. The fourth-order valence-electron chi connectivity index (χ4n) is 2.10. The molecular weight excluding hydrogens is 222 g/mol. The molecule has 1 unspecified atom stereocenters. The molecule has 0 saturated heterocycles. The number of aryl methyl sites for hydroxylation is 1. The Labute approximate surface area is 112 Å². The fraction of sp³-hybridized carbons (Fsp3) is 0.625. The van der Waals surface area contributed by atoms with Gasteiger partial charge in [-0.15, -0.1) is 0 Å². The zero-order valence-electron chi connectivity index (χ0n) is 12.3. The van der Waals surface area contributed by atoms with Gasteiger partial charge in [0.2, 0.25) is 0 Å². The monoisotopic (exact) mass is 249 g/mol. The van der Waals surface area contributed by atoms with Crippen molar-refractivity contribution in [1.82, 2.24) is 0 Å². The summed E-state index contributed by atoms with van der Waals surface area (Å²) in [6.07, 6.45) is 4.98. The first kappa shape index (κ1) is 14.9. The van der Waals surface area contributed by atoms with Crippen molar-refractivity contribution in [2.24, 2.45) is 0 Å². The second-order valence-electron chi connectivity index (χ2n) is 4.80. The smallest absolute Gasteiger partial charge is 0.119 e. The summed E-state index contributed by atoms with van der Waals surface area (Å²) >= 11 is 0.